The first-order chi connectivity index (χ1) is 9.91. The summed E-state index contributed by atoms with van der Waals surface area (Å²) in [4.78, 5) is 10.7. The molecule has 0 aromatic heterocycles. The van der Waals surface area contributed by atoms with E-state index in [1.165, 1.54) is 6.92 Å². The lowest BCUT2D eigenvalue weighted by atomic mass is 10.0. The van der Waals surface area contributed by atoms with Crippen LogP contribution in [-0.2, 0) is 21.9 Å². The molecule has 1 rings (SSSR count). The fraction of sp³-hybridized carbons (Fsp3) is 0.357. The zero-order valence-corrected chi connectivity index (χ0v) is 11.5. The molecular formula is C14H12F6O2. The number of carbonyl (C=O) groups is 1. The van der Waals surface area contributed by atoms with Crippen LogP contribution in [0.2, 0.25) is 0 Å². The maximum Gasteiger partial charge on any atom is 0.417 e. The van der Waals surface area contributed by atoms with E-state index in [0.717, 1.165) is 25.1 Å². The van der Waals surface area contributed by atoms with Gasteiger partial charge in [-0.15, -0.1) is 0 Å². The van der Waals surface area contributed by atoms with E-state index >= 15 is 0 Å². The van der Waals surface area contributed by atoms with Crippen molar-refractivity contribution < 1.29 is 35.9 Å². The highest BCUT2D eigenvalue weighted by Crippen LogP contribution is 2.37. The van der Waals surface area contributed by atoms with Crippen molar-refractivity contribution in [3.05, 3.63) is 41.0 Å². The first kappa shape index (κ1) is 18.1. The van der Waals surface area contributed by atoms with Crippen LogP contribution in [0.5, 0.6) is 0 Å². The quantitative estimate of drug-likeness (QED) is 0.595. The van der Waals surface area contributed by atoms with Crippen molar-refractivity contribution in [3.8, 4) is 0 Å². The van der Waals surface area contributed by atoms with Crippen molar-refractivity contribution in [2.75, 3.05) is 0 Å². The van der Waals surface area contributed by atoms with Gasteiger partial charge in [-0.3, -0.25) is 4.79 Å². The van der Waals surface area contributed by atoms with E-state index in [0.29, 0.717) is 6.07 Å². The van der Waals surface area contributed by atoms with E-state index in [1.54, 1.807) is 0 Å². The average Bonchev–Trinajstić information content (AvgIpc) is 2.33. The number of carbonyl (C=O) groups excluding carboxylic acids is 1. The molecule has 0 radical (unpaired) electrons. The Hall–Kier alpha value is -1.99. The molecule has 1 unspecified atom stereocenters. The van der Waals surface area contributed by atoms with Gasteiger partial charge in [0.15, 0.2) is 0 Å². The van der Waals surface area contributed by atoms with Crippen LogP contribution >= 0.6 is 0 Å². The van der Waals surface area contributed by atoms with Gasteiger partial charge in [0.05, 0.1) is 11.1 Å². The minimum absolute atomic E-state index is 0.0518. The Morgan fingerprint density at radius 1 is 1.14 bits per heavy atom. The molecule has 0 fully saturated rings. The Labute approximate surface area is 122 Å². The third kappa shape index (κ3) is 5.09. The highest BCUT2D eigenvalue weighted by atomic mass is 19.4. The number of hydrogen-bond acceptors (Lipinski definition) is 2. The molecule has 2 nitrogen and oxygen atoms in total. The second kappa shape index (κ2) is 6.41. The normalized spacial score (nSPS) is 14.2. The van der Waals surface area contributed by atoms with E-state index in [9.17, 15) is 31.1 Å². The van der Waals surface area contributed by atoms with E-state index in [-0.39, 0.29) is 6.07 Å². The Balaban J connectivity index is 3.20. The predicted octanol–water partition coefficient (Wildman–Crippen LogP) is 4.69. The van der Waals surface area contributed by atoms with Gasteiger partial charge >= 0.3 is 18.3 Å². The second-order valence-electron chi connectivity index (χ2n) is 4.47. The van der Waals surface area contributed by atoms with Gasteiger partial charge in [-0.25, -0.2) is 0 Å². The summed E-state index contributed by atoms with van der Waals surface area (Å²) in [5.74, 6) is -0.624. The molecule has 1 atom stereocenters. The number of benzene rings is 1. The van der Waals surface area contributed by atoms with Crippen LogP contribution < -0.4 is 0 Å². The van der Waals surface area contributed by atoms with E-state index in [4.69, 9.17) is 0 Å². The van der Waals surface area contributed by atoms with E-state index < -0.39 is 41.1 Å². The fourth-order valence-electron chi connectivity index (χ4n) is 1.66. The monoisotopic (exact) mass is 326 g/mol. The van der Waals surface area contributed by atoms with Crippen molar-refractivity contribution in [1.29, 1.82) is 0 Å². The Kier molecular flexibility index (Phi) is 5.26. The summed E-state index contributed by atoms with van der Waals surface area (Å²) in [5.41, 5.74) is -3.24. The number of alkyl halides is 6. The summed E-state index contributed by atoms with van der Waals surface area (Å²) in [6.45, 7) is 2.54. The largest absolute Gasteiger partial charge is 0.459 e. The molecule has 0 spiro atoms. The lowest BCUT2D eigenvalue weighted by Crippen LogP contribution is -2.12. The van der Waals surface area contributed by atoms with Crippen molar-refractivity contribution in [2.45, 2.75) is 32.3 Å². The smallest absolute Gasteiger partial charge is 0.417 e. The van der Waals surface area contributed by atoms with Crippen LogP contribution in [0.15, 0.2) is 24.3 Å². The van der Waals surface area contributed by atoms with Crippen LogP contribution in [0.3, 0.4) is 0 Å². The van der Waals surface area contributed by atoms with E-state index in [2.05, 4.69) is 4.74 Å². The zero-order valence-electron chi connectivity index (χ0n) is 11.5. The van der Waals surface area contributed by atoms with Gasteiger partial charge in [-0.05, 0) is 30.7 Å². The number of ether oxygens (including phenoxy) is 1. The molecule has 0 aliphatic carbocycles. The highest BCUT2D eigenvalue weighted by molar-refractivity contribution is 5.66. The van der Waals surface area contributed by atoms with Crippen LogP contribution in [0.4, 0.5) is 26.3 Å². The van der Waals surface area contributed by atoms with Crippen LogP contribution in [0.1, 0.15) is 30.5 Å². The van der Waals surface area contributed by atoms with Crippen molar-refractivity contribution in [2.24, 2.45) is 0 Å². The first-order valence-corrected chi connectivity index (χ1v) is 6.05. The maximum absolute atomic E-state index is 12.9. The molecule has 0 bridgehead atoms. The van der Waals surface area contributed by atoms with Gasteiger partial charge in [0, 0.05) is 6.92 Å². The minimum atomic E-state index is -4.94. The topological polar surface area (TPSA) is 26.3 Å². The molecule has 0 heterocycles. The summed E-state index contributed by atoms with van der Waals surface area (Å²) in [6.07, 6.45) is -8.49. The Morgan fingerprint density at radius 3 is 2.18 bits per heavy atom. The zero-order chi connectivity index (χ0) is 17.1. The minimum Gasteiger partial charge on any atom is -0.459 e. The molecule has 122 valence electrons. The van der Waals surface area contributed by atoms with Crippen LogP contribution in [-0.4, -0.2) is 12.1 Å². The molecule has 1 aromatic rings. The molecule has 8 heteroatoms. The van der Waals surface area contributed by atoms with Crippen molar-refractivity contribution in [3.63, 3.8) is 0 Å². The summed E-state index contributed by atoms with van der Waals surface area (Å²) >= 11 is 0. The van der Waals surface area contributed by atoms with Gasteiger partial charge in [-0.2, -0.15) is 26.3 Å². The lowest BCUT2D eigenvalue weighted by Gasteiger charge is -2.14. The molecular weight excluding hydrogens is 314 g/mol. The maximum atomic E-state index is 12.9. The molecule has 1 aromatic carbocycles. The molecule has 0 N–H and O–H groups in total. The number of rotatable bonds is 3. The first-order valence-electron chi connectivity index (χ1n) is 6.05. The molecule has 0 saturated carbocycles. The standard InChI is InChI=1S/C14H12F6O2/c1-8(22-9(2)21)3-4-10-5-6-11(13(15,16)17)7-12(10)14(18,19)20/h3-8H,1-2H3/b4-3-. The average molecular weight is 326 g/mol. The molecule has 22 heavy (non-hydrogen) atoms. The predicted molar refractivity (Wildman–Crippen MR) is 66.7 cm³/mol. The van der Waals surface area contributed by atoms with Crippen LogP contribution in [0, 0.1) is 0 Å². The summed E-state index contributed by atoms with van der Waals surface area (Å²) in [6, 6.07) is 1.34. The number of esters is 1. The van der Waals surface area contributed by atoms with Gasteiger partial charge < -0.3 is 4.74 Å². The van der Waals surface area contributed by atoms with E-state index in [1.807, 2.05) is 0 Å². The SMILES string of the molecule is CC(=O)OC(C)/C=C\c1ccc(C(F)(F)F)cc1C(F)(F)F. The van der Waals surface area contributed by atoms with Crippen molar-refractivity contribution >= 4 is 12.0 Å². The summed E-state index contributed by atoms with van der Waals surface area (Å²) in [5, 5.41) is 0. The fourth-order valence-corrected chi connectivity index (χ4v) is 1.66. The van der Waals surface area contributed by atoms with Gasteiger partial charge in [-0.1, -0.05) is 12.1 Å². The lowest BCUT2D eigenvalue weighted by molar-refractivity contribution is -0.144. The Bertz CT molecular complexity index is 572. The second-order valence-corrected chi connectivity index (χ2v) is 4.47. The molecule has 0 saturated heterocycles. The van der Waals surface area contributed by atoms with Gasteiger partial charge in [0.2, 0.25) is 0 Å². The Morgan fingerprint density at radius 2 is 1.73 bits per heavy atom. The summed E-state index contributed by atoms with van der Waals surface area (Å²) < 4.78 is 80.8. The van der Waals surface area contributed by atoms with Gasteiger partial charge in [0.25, 0.3) is 0 Å². The third-order valence-corrected chi connectivity index (χ3v) is 2.58. The third-order valence-electron chi connectivity index (χ3n) is 2.58. The molecule has 0 amide bonds. The van der Waals surface area contributed by atoms with Crippen molar-refractivity contribution in [1.82, 2.24) is 0 Å². The summed E-state index contributed by atoms with van der Waals surface area (Å²) in [7, 11) is 0. The highest BCUT2D eigenvalue weighted by Gasteiger charge is 2.37. The number of halogens is 6. The molecule has 0 aliphatic rings. The van der Waals surface area contributed by atoms with Crippen LogP contribution in [0.25, 0.3) is 6.08 Å². The number of hydrogen-bond donors (Lipinski definition) is 0. The molecule has 0 aliphatic heterocycles. The van der Waals surface area contributed by atoms with Gasteiger partial charge in [0.1, 0.15) is 6.10 Å².